The summed E-state index contributed by atoms with van der Waals surface area (Å²) in [7, 11) is 0. The SMILES string of the molecule is Cc1cc(I)ccc1NCC1(CO)CCCCC1. The summed E-state index contributed by atoms with van der Waals surface area (Å²) in [6.07, 6.45) is 6.14. The van der Waals surface area contributed by atoms with Gasteiger partial charge in [0, 0.05) is 21.2 Å². The molecule has 0 aromatic heterocycles. The fourth-order valence-electron chi connectivity index (χ4n) is 2.80. The van der Waals surface area contributed by atoms with Crippen LogP contribution >= 0.6 is 22.6 Å². The normalized spacial score (nSPS) is 18.6. The fourth-order valence-corrected chi connectivity index (χ4v) is 3.45. The van der Waals surface area contributed by atoms with Gasteiger partial charge in [-0.1, -0.05) is 19.3 Å². The summed E-state index contributed by atoms with van der Waals surface area (Å²) in [5.74, 6) is 0. The zero-order valence-corrected chi connectivity index (χ0v) is 13.2. The number of rotatable bonds is 4. The molecule has 18 heavy (non-hydrogen) atoms. The van der Waals surface area contributed by atoms with Crippen LogP contribution in [-0.2, 0) is 0 Å². The summed E-state index contributed by atoms with van der Waals surface area (Å²) in [6, 6.07) is 6.46. The third-order valence-corrected chi connectivity index (χ3v) is 4.76. The molecule has 1 aliphatic carbocycles. The van der Waals surface area contributed by atoms with Gasteiger partial charge in [-0.05, 0) is 66.1 Å². The van der Waals surface area contributed by atoms with Crippen molar-refractivity contribution in [2.45, 2.75) is 39.0 Å². The highest BCUT2D eigenvalue weighted by Crippen LogP contribution is 2.36. The predicted molar refractivity (Wildman–Crippen MR) is 85.0 cm³/mol. The van der Waals surface area contributed by atoms with E-state index < -0.39 is 0 Å². The fraction of sp³-hybridized carbons (Fsp3) is 0.600. The number of aryl methyl sites for hydroxylation is 1. The van der Waals surface area contributed by atoms with E-state index in [0.29, 0.717) is 6.61 Å². The van der Waals surface area contributed by atoms with Crippen LogP contribution in [0.15, 0.2) is 18.2 Å². The summed E-state index contributed by atoms with van der Waals surface area (Å²) >= 11 is 2.34. The molecule has 0 aliphatic heterocycles. The van der Waals surface area contributed by atoms with Crippen LogP contribution in [0.5, 0.6) is 0 Å². The predicted octanol–water partition coefficient (Wildman–Crippen LogP) is 3.95. The van der Waals surface area contributed by atoms with Crippen molar-refractivity contribution in [1.82, 2.24) is 0 Å². The standard InChI is InChI=1S/C15H22INO/c1-12-9-13(16)5-6-14(12)17-10-15(11-18)7-3-2-4-8-15/h5-6,9,17-18H,2-4,7-8,10-11H2,1H3. The Hall–Kier alpha value is -0.290. The molecule has 2 rings (SSSR count). The molecule has 0 spiro atoms. The molecule has 1 aliphatic rings. The van der Waals surface area contributed by atoms with Crippen LogP contribution < -0.4 is 5.32 Å². The molecule has 3 heteroatoms. The van der Waals surface area contributed by atoms with Gasteiger partial charge in [0.15, 0.2) is 0 Å². The van der Waals surface area contributed by atoms with Crippen LogP contribution in [0.2, 0.25) is 0 Å². The molecule has 0 radical (unpaired) electrons. The summed E-state index contributed by atoms with van der Waals surface area (Å²) in [6.45, 7) is 3.34. The first-order valence-corrected chi connectivity index (χ1v) is 7.84. The van der Waals surface area contributed by atoms with Gasteiger partial charge in [-0.15, -0.1) is 0 Å². The molecule has 0 saturated heterocycles. The Morgan fingerprint density at radius 3 is 2.61 bits per heavy atom. The van der Waals surface area contributed by atoms with E-state index in [2.05, 4.69) is 53.0 Å². The maximum atomic E-state index is 9.69. The van der Waals surface area contributed by atoms with Gasteiger partial charge in [0.05, 0.1) is 6.61 Å². The number of nitrogens with one attached hydrogen (secondary N) is 1. The van der Waals surface area contributed by atoms with Crippen LogP contribution in [0, 0.1) is 15.9 Å². The zero-order chi connectivity index (χ0) is 13.0. The van der Waals surface area contributed by atoms with Gasteiger partial charge in [0.2, 0.25) is 0 Å². The van der Waals surface area contributed by atoms with Gasteiger partial charge < -0.3 is 10.4 Å². The number of benzene rings is 1. The molecule has 0 heterocycles. The second-order valence-electron chi connectivity index (χ2n) is 5.53. The van der Waals surface area contributed by atoms with Crippen LogP contribution in [0.3, 0.4) is 0 Å². The Morgan fingerprint density at radius 2 is 2.00 bits per heavy atom. The van der Waals surface area contributed by atoms with E-state index in [9.17, 15) is 5.11 Å². The van der Waals surface area contributed by atoms with Crippen molar-refractivity contribution >= 4 is 28.3 Å². The van der Waals surface area contributed by atoms with Crippen molar-refractivity contribution in [3.05, 3.63) is 27.3 Å². The molecule has 1 fully saturated rings. The number of anilines is 1. The second-order valence-corrected chi connectivity index (χ2v) is 6.78. The average molecular weight is 359 g/mol. The average Bonchev–Trinajstić information content (AvgIpc) is 2.39. The first-order chi connectivity index (χ1) is 8.65. The van der Waals surface area contributed by atoms with Crippen LogP contribution in [0.25, 0.3) is 0 Å². The zero-order valence-electron chi connectivity index (χ0n) is 11.0. The van der Waals surface area contributed by atoms with E-state index >= 15 is 0 Å². The molecule has 0 unspecified atom stereocenters. The van der Waals surface area contributed by atoms with E-state index in [-0.39, 0.29) is 5.41 Å². The lowest BCUT2D eigenvalue weighted by atomic mass is 9.74. The van der Waals surface area contributed by atoms with Crippen LogP contribution in [0.1, 0.15) is 37.7 Å². The minimum Gasteiger partial charge on any atom is -0.396 e. The number of hydrogen-bond acceptors (Lipinski definition) is 2. The Bertz CT molecular complexity index is 399. The molecular formula is C15H22INO. The molecule has 2 nitrogen and oxygen atoms in total. The quantitative estimate of drug-likeness (QED) is 0.798. The van der Waals surface area contributed by atoms with E-state index in [0.717, 1.165) is 19.4 Å². The van der Waals surface area contributed by atoms with Gasteiger partial charge in [-0.25, -0.2) is 0 Å². The Labute approximate surface area is 123 Å². The summed E-state index contributed by atoms with van der Waals surface area (Å²) in [5.41, 5.74) is 2.59. The summed E-state index contributed by atoms with van der Waals surface area (Å²) < 4.78 is 1.27. The van der Waals surface area contributed by atoms with Crippen molar-refractivity contribution in [1.29, 1.82) is 0 Å². The minimum absolute atomic E-state index is 0.105. The summed E-state index contributed by atoms with van der Waals surface area (Å²) in [4.78, 5) is 0. The minimum atomic E-state index is 0.105. The summed E-state index contributed by atoms with van der Waals surface area (Å²) in [5, 5.41) is 13.2. The largest absolute Gasteiger partial charge is 0.396 e. The van der Waals surface area contributed by atoms with Crippen molar-refractivity contribution in [2.24, 2.45) is 5.41 Å². The monoisotopic (exact) mass is 359 g/mol. The second kappa shape index (κ2) is 6.24. The number of aliphatic hydroxyl groups excluding tert-OH is 1. The highest BCUT2D eigenvalue weighted by molar-refractivity contribution is 14.1. The molecule has 0 atom stereocenters. The van der Waals surface area contributed by atoms with Gasteiger partial charge in [0.1, 0.15) is 0 Å². The van der Waals surface area contributed by atoms with E-state index in [1.807, 2.05) is 0 Å². The highest BCUT2D eigenvalue weighted by atomic mass is 127. The van der Waals surface area contributed by atoms with Gasteiger partial charge in [-0.3, -0.25) is 0 Å². The van der Waals surface area contributed by atoms with E-state index in [1.54, 1.807) is 0 Å². The first-order valence-electron chi connectivity index (χ1n) is 6.76. The molecular weight excluding hydrogens is 337 g/mol. The Kier molecular flexibility index (Phi) is 4.90. The number of hydrogen-bond donors (Lipinski definition) is 2. The first kappa shape index (κ1) is 14.1. The molecule has 2 N–H and O–H groups in total. The number of aliphatic hydroxyl groups is 1. The van der Waals surface area contributed by atoms with Gasteiger partial charge in [-0.2, -0.15) is 0 Å². The van der Waals surface area contributed by atoms with Crippen molar-refractivity contribution in [3.63, 3.8) is 0 Å². The Balaban J connectivity index is 2.01. The van der Waals surface area contributed by atoms with Crippen molar-refractivity contribution in [3.8, 4) is 0 Å². The maximum absolute atomic E-state index is 9.69. The number of halogens is 1. The smallest absolute Gasteiger partial charge is 0.0504 e. The molecule has 1 saturated carbocycles. The topological polar surface area (TPSA) is 32.3 Å². The third kappa shape index (κ3) is 3.38. The van der Waals surface area contributed by atoms with Crippen molar-refractivity contribution in [2.75, 3.05) is 18.5 Å². The van der Waals surface area contributed by atoms with Crippen LogP contribution in [0.4, 0.5) is 5.69 Å². The lowest BCUT2D eigenvalue weighted by Crippen LogP contribution is -2.35. The van der Waals surface area contributed by atoms with E-state index in [4.69, 9.17) is 0 Å². The third-order valence-electron chi connectivity index (χ3n) is 4.09. The van der Waals surface area contributed by atoms with Crippen molar-refractivity contribution < 1.29 is 5.11 Å². The molecule has 1 aromatic carbocycles. The van der Waals surface area contributed by atoms with E-state index in [1.165, 1.54) is 34.1 Å². The van der Waals surface area contributed by atoms with Gasteiger partial charge in [0.25, 0.3) is 0 Å². The van der Waals surface area contributed by atoms with Gasteiger partial charge >= 0.3 is 0 Å². The lowest BCUT2D eigenvalue weighted by Gasteiger charge is -2.36. The molecule has 0 bridgehead atoms. The highest BCUT2D eigenvalue weighted by Gasteiger charge is 2.31. The maximum Gasteiger partial charge on any atom is 0.0504 e. The Morgan fingerprint density at radius 1 is 1.28 bits per heavy atom. The van der Waals surface area contributed by atoms with Crippen LogP contribution in [-0.4, -0.2) is 18.3 Å². The molecule has 1 aromatic rings. The molecule has 100 valence electrons. The lowest BCUT2D eigenvalue weighted by molar-refractivity contribution is 0.0944. The molecule has 0 amide bonds.